The molecule has 0 N–H and O–H groups in total. The number of hydrogen-bond donors (Lipinski definition) is 0. The number of nitrogens with zero attached hydrogens (tertiary/aromatic N) is 3. The molecule has 0 amide bonds. The molecule has 3 aromatic rings. The average molecular weight is 325 g/mol. The Bertz CT molecular complexity index is 789. The van der Waals surface area contributed by atoms with Gasteiger partial charge in [-0.15, -0.1) is 0 Å². The fraction of sp³-hybridized carbons (Fsp3) is 0.333. The molecule has 124 valence electrons. The molecule has 0 aliphatic carbocycles. The van der Waals surface area contributed by atoms with Crippen molar-refractivity contribution in [2.24, 2.45) is 0 Å². The molecule has 6 nitrogen and oxygen atoms in total. The van der Waals surface area contributed by atoms with Gasteiger partial charge in [0.05, 0.1) is 30.3 Å². The lowest BCUT2D eigenvalue weighted by Crippen LogP contribution is -2.46. The molecule has 1 fully saturated rings. The zero-order valence-electron chi connectivity index (χ0n) is 13.7. The lowest BCUT2D eigenvalue weighted by Gasteiger charge is -2.35. The van der Waals surface area contributed by atoms with Crippen LogP contribution in [-0.4, -0.2) is 35.3 Å². The van der Waals surface area contributed by atoms with Gasteiger partial charge in [-0.2, -0.15) is 0 Å². The highest BCUT2D eigenvalue weighted by molar-refractivity contribution is 5.75. The fourth-order valence-electron chi connectivity index (χ4n) is 3.08. The third-order valence-electron chi connectivity index (χ3n) is 4.02. The third kappa shape index (κ3) is 2.80. The quantitative estimate of drug-likeness (QED) is 0.733. The van der Waals surface area contributed by atoms with Gasteiger partial charge in [0.25, 0.3) is 0 Å². The zero-order valence-corrected chi connectivity index (χ0v) is 13.7. The Hall–Kier alpha value is -2.60. The van der Waals surface area contributed by atoms with E-state index in [1.807, 2.05) is 24.3 Å². The number of ether oxygens (including phenoxy) is 1. The summed E-state index contributed by atoms with van der Waals surface area (Å²) < 4.78 is 16.9. The number of hydrogen-bond acceptors (Lipinski definition) is 6. The van der Waals surface area contributed by atoms with E-state index in [2.05, 4.69) is 23.7 Å². The molecule has 3 aromatic heterocycles. The van der Waals surface area contributed by atoms with E-state index < -0.39 is 0 Å². The first-order chi connectivity index (χ1) is 11.7. The summed E-state index contributed by atoms with van der Waals surface area (Å²) in [4.78, 5) is 11.5. The van der Waals surface area contributed by atoms with Gasteiger partial charge in [-0.1, -0.05) is 0 Å². The van der Waals surface area contributed by atoms with Crippen LogP contribution >= 0.6 is 0 Å². The summed E-state index contributed by atoms with van der Waals surface area (Å²) in [5.74, 6) is 2.09. The van der Waals surface area contributed by atoms with Gasteiger partial charge in [0.15, 0.2) is 5.76 Å². The normalized spacial score (nSPS) is 21.2. The van der Waals surface area contributed by atoms with E-state index in [9.17, 15) is 0 Å². The summed E-state index contributed by atoms with van der Waals surface area (Å²) in [6, 6.07) is 7.48. The van der Waals surface area contributed by atoms with E-state index in [-0.39, 0.29) is 12.2 Å². The summed E-state index contributed by atoms with van der Waals surface area (Å²) in [7, 11) is 0. The monoisotopic (exact) mass is 325 g/mol. The fourth-order valence-corrected chi connectivity index (χ4v) is 3.08. The molecule has 0 bridgehead atoms. The van der Waals surface area contributed by atoms with E-state index in [1.165, 1.54) is 0 Å². The van der Waals surface area contributed by atoms with E-state index in [4.69, 9.17) is 18.6 Å². The van der Waals surface area contributed by atoms with E-state index in [0.29, 0.717) is 11.7 Å². The summed E-state index contributed by atoms with van der Waals surface area (Å²) in [5.41, 5.74) is 1.54. The Morgan fingerprint density at radius 1 is 1.00 bits per heavy atom. The largest absolute Gasteiger partial charge is 0.464 e. The van der Waals surface area contributed by atoms with Crippen LogP contribution in [0.1, 0.15) is 13.8 Å². The summed E-state index contributed by atoms with van der Waals surface area (Å²) in [6.07, 6.45) is 5.37. The number of anilines is 1. The highest BCUT2D eigenvalue weighted by Gasteiger charge is 2.25. The van der Waals surface area contributed by atoms with Crippen molar-refractivity contribution in [3.05, 3.63) is 43.0 Å². The smallest absolute Gasteiger partial charge is 0.226 e. The number of aromatic nitrogens is 2. The molecular formula is C18H19N3O3. The summed E-state index contributed by atoms with van der Waals surface area (Å²) >= 11 is 0. The molecule has 0 spiro atoms. The highest BCUT2D eigenvalue weighted by Crippen LogP contribution is 2.32. The second-order valence-corrected chi connectivity index (χ2v) is 6.05. The topological polar surface area (TPSA) is 64.5 Å². The van der Waals surface area contributed by atoms with Crippen molar-refractivity contribution in [1.29, 1.82) is 0 Å². The SMILES string of the molecule is C[C@H]1CN(c2ncc(-c3ccco3)c(-c3ccco3)n2)C[C@H](C)O1. The molecule has 2 atom stereocenters. The van der Waals surface area contributed by atoms with Gasteiger partial charge in [0.2, 0.25) is 5.95 Å². The number of rotatable bonds is 3. The van der Waals surface area contributed by atoms with Crippen molar-refractivity contribution in [2.75, 3.05) is 18.0 Å². The minimum atomic E-state index is 0.147. The molecule has 0 unspecified atom stereocenters. The van der Waals surface area contributed by atoms with Gasteiger partial charge < -0.3 is 18.5 Å². The second-order valence-electron chi connectivity index (χ2n) is 6.05. The van der Waals surface area contributed by atoms with E-state index in [1.54, 1.807) is 18.7 Å². The minimum Gasteiger partial charge on any atom is -0.464 e. The predicted octanol–water partition coefficient (Wildman–Crippen LogP) is 3.61. The molecular weight excluding hydrogens is 306 g/mol. The lowest BCUT2D eigenvalue weighted by molar-refractivity contribution is -0.00571. The van der Waals surface area contributed by atoms with Crippen LogP contribution in [0.25, 0.3) is 22.8 Å². The van der Waals surface area contributed by atoms with Gasteiger partial charge in [-0.25, -0.2) is 9.97 Å². The summed E-state index contributed by atoms with van der Waals surface area (Å²) in [5, 5.41) is 0. The van der Waals surface area contributed by atoms with Gasteiger partial charge in [-0.05, 0) is 38.1 Å². The van der Waals surface area contributed by atoms with Gasteiger partial charge in [0, 0.05) is 19.3 Å². The van der Waals surface area contributed by atoms with Crippen LogP contribution in [0, 0.1) is 0 Å². The van der Waals surface area contributed by atoms with Gasteiger partial charge >= 0.3 is 0 Å². The third-order valence-corrected chi connectivity index (χ3v) is 4.02. The van der Waals surface area contributed by atoms with Crippen LogP contribution in [0.2, 0.25) is 0 Å². The van der Waals surface area contributed by atoms with Crippen molar-refractivity contribution < 1.29 is 13.6 Å². The molecule has 4 heterocycles. The first kappa shape index (κ1) is 15.0. The molecule has 0 saturated carbocycles. The Balaban J connectivity index is 1.77. The standard InChI is InChI=1S/C18H19N3O3/c1-12-10-21(11-13(2)24-12)18-19-9-14(15-5-3-7-22-15)17(20-18)16-6-4-8-23-16/h3-9,12-13H,10-11H2,1-2H3/t12-,13-/m0/s1. The second kappa shape index (κ2) is 6.13. The van der Waals surface area contributed by atoms with Crippen LogP contribution in [0.4, 0.5) is 5.95 Å². The molecule has 1 aliphatic heterocycles. The van der Waals surface area contributed by atoms with Crippen LogP contribution < -0.4 is 4.90 Å². The van der Waals surface area contributed by atoms with Crippen molar-refractivity contribution in [2.45, 2.75) is 26.1 Å². The van der Waals surface area contributed by atoms with Crippen LogP contribution in [-0.2, 0) is 4.74 Å². The van der Waals surface area contributed by atoms with Crippen LogP contribution in [0.5, 0.6) is 0 Å². The molecule has 4 rings (SSSR count). The van der Waals surface area contributed by atoms with Crippen LogP contribution in [0.3, 0.4) is 0 Å². The van der Waals surface area contributed by atoms with Crippen molar-refractivity contribution in [3.63, 3.8) is 0 Å². The maximum absolute atomic E-state index is 5.79. The van der Waals surface area contributed by atoms with Crippen molar-refractivity contribution in [1.82, 2.24) is 9.97 Å². The molecule has 6 heteroatoms. The average Bonchev–Trinajstić information content (AvgIpc) is 3.27. The Kier molecular flexibility index (Phi) is 3.82. The minimum absolute atomic E-state index is 0.147. The molecule has 24 heavy (non-hydrogen) atoms. The molecule has 0 radical (unpaired) electrons. The Morgan fingerprint density at radius 2 is 1.67 bits per heavy atom. The lowest BCUT2D eigenvalue weighted by atomic mass is 10.1. The van der Waals surface area contributed by atoms with Crippen LogP contribution in [0.15, 0.2) is 51.8 Å². The number of morpholine rings is 1. The first-order valence-corrected chi connectivity index (χ1v) is 8.06. The molecule has 1 saturated heterocycles. The Labute approximate surface area is 140 Å². The highest BCUT2D eigenvalue weighted by atomic mass is 16.5. The maximum Gasteiger partial charge on any atom is 0.226 e. The van der Waals surface area contributed by atoms with Crippen molar-refractivity contribution >= 4 is 5.95 Å². The Morgan fingerprint density at radius 3 is 2.29 bits per heavy atom. The zero-order chi connectivity index (χ0) is 16.5. The predicted molar refractivity (Wildman–Crippen MR) is 89.7 cm³/mol. The molecule has 0 aromatic carbocycles. The molecule has 1 aliphatic rings. The van der Waals surface area contributed by atoms with Gasteiger partial charge in [-0.3, -0.25) is 0 Å². The van der Waals surface area contributed by atoms with E-state index >= 15 is 0 Å². The van der Waals surface area contributed by atoms with Gasteiger partial charge in [0.1, 0.15) is 11.5 Å². The first-order valence-electron chi connectivity index (χ1n) is 8.06. The van der Waals surface area contributed by atoms with E-state index in [0.717, 1.165) is 30.1 Å². The number of furan rings is 2. The summed E-state index contributed by atoms with van der Waals surface area (Å²) in [6.45, 7) is 5.66. The van der Waals surface area contributed by atoms with Crippen molar-refractivity contribution in [3.8, 4) is 22.8 Å². The maximum atomic E-state index is 5.79.